The van der Waals surface area contributed by atoms with Gasteiger partial charge in [0.2, 0.25) is 0 Å². The van der Waals surface area contributed by atoms with Gasteiger partial charge in [0.25, 0.3) is 5.79 Å². The lowest BCUT2D eigenvalue weighted by molar-refractivity contribution is -0.401. The molecule has 0 aromatic carbocycles. The van der Waals surface area contributed by atoms with Crippen LogP contribution in [0.2, 0.25) is 0 Å². The van der Waals surface area contributed by atoms with Crippen LogP contribution in [-0.4, -0.2) is 356 Å². The van der Waals surface area contributed by atoms with Crippen molar-refractivity contribution in [2.24, 2.45) is 23.5 Å². The highest BCUT2D eigenvalue weighted by Crippen LogP contribution is 2.41. The monoisotopic (exact) mass is 1230 g/mol. The third-order valence-corrected chi connectivity index (χ3v) is 17.0. The van der Waals surface area contributed by atoms with Gasteiger partial charge in [-0.25, -0.2) is 4.79 Å². The first-order valence-electron chi connectivity index (χ1n) is 27.7. The van der Waals surface area contributed by atoms with Gasteiger partial charge >= 0.3 is 5.97 Å². The van der Waals surface area contributed by atoms with E-state index in [1.54, 1.807) is 13.8 Å². The molecule has 0 spiro atoms. The van der Waals surface area contributed by atoms with E-state index >= 15 is 0 Å². The highest BCUT2D eigenvalue weighted by atomic mass is 16.8. The summed E-state index contributed by atoms with van der Waals surface area (Å²) in [6.45, 7) is -0.330. The molecule has 7 aliphatic rings. The average molecular weight is 1230 g/mol. The van der Waals surface area contributed by atoms with Crippen LogP contribution in [0.3, 0.4) is 0 Å². The molecule has 0 saturated carbocycles. The first-order valence-corrected chi connectivity index (χ1v) is 27.7. The Morgan fingerprint density at radius 2 is 0.845 bits per heavy atom. The van der Waals surface area contributed by atoms with Crippen LogP contribution < -0.4 is 5.73 Å². The van der Waals surface area contributed by atoms with Gasteiger partial charge in [0.1, 0.15) is 128 Å². The van der Waals surface area contributed by atoms with Crippen molar-refractivity contribution in [1.29, 1.82) is 0 Å². The lowest BCUT2D eigenvalue weighted by atomic mass is 9.88. The molecule has 7 aliphatic heterocycles. The summed E-state index contributed by atoms with van der Waals surface area (Å²) in [4.78, 5) is 12.9. The topological polar surface area (TPSA) is 568 Å². The van der Waals surface area contributed by atoms with E-state index in [2.05, 4.69) is 0 Å². The maximum Gasteiger partial charge on any atom is 0.364 e. The zero-order valence-electron chi connectivity index (χ0n) is 46.1. The molecule has 35 heteroatoms. The van der Waals surface area contributed by atoms with Gasteiger partial charge in [0.15, 0.2) is 31.5 Å². The number of hydrogen-bond acceptors (Lipinski definition) is 34. The number of carbonyl (C=O) groups is 1. The highest BCUT2D eigenvalue weighted by molar-refractivity contribution is 5.76. The van der Waals surface area contributed by atoms with Gasteiger partial charge in [-0.2, -0.15) is 0 Å². The minimum atomic E-state index is -3.08. The molecular formula is C49H85NO34. The Morgan fingerprint density at radius 3 is 1.31 bits per heavy atom. The molecule has 14 unspecified atom stereocenters. The Hall–Kier alpha value is -1.85. The Bertz CT molecular complexity index is 2040. The number of ether oxygens (including phenoxy) is 13. The van der Waals surface area contributed by atoms with E-state index < -0.39 is 278 Å². The van der Waals surface area contributed by atoms with Crippen molar-refractivity contribution in [3.05, 3.63) is 0 Å². The summed E-state index contributed by atoms with van der Waals surface area (Å²) in [6.07, 6.45) is -55.8. The van der Waals surface area contributed by atoms with Crippen molar-refractivity contribution in [3.8, 4) is 0 Å². The van der Waals surface area contributed by atoms with Gasteiger partial charge in [0, 0.05) is 24.2 Å². The van der Waals surface area contributed by atoms with Crippen molar-refractivity contribution in [2.75, 3.05) is 46.2 Å². The summed E-state index contributed by atoms with van der Waals surface area (Å²) in [7, 11) is 0. The van der Waals surface area contributed by atoms with E-state index in [-0.39, 0.29) is 0 Å². The van der Waals surface area contributed by atoms with E-state index in [4.69, 9.17) is 67.3 Å². The molecule has 84 heavy (non-hydrogen) atoms. The summed E-state index contributed by atoms with van der Waals surface area (Å²) in [5.41, 5.74) is 5.95. The van der Waals surface area contributed by atoms with Crippen LogP contribution >= 0.6 is 0 Å². The smallest absolute Gasteiger partial charge is 0.364 e. The van der Waals surface area contributed by atoms with Crippen LogP contribution in [0.25, 0.3) is 0 Å². The number of aliphatic carboxylic acids is 1. The quantitative estimate of drug-likeness (QED) is 0.0479. The van der Waals surface area contributed by atoms with Crippen LogP contribution in [0.1, 0.15) is 34.1 Å². The molecule has 35 nitrogen and oxygen atoms in total. The molecule has 0 aliphatic carbocycles. The molecule has 7 rings (SSSR count). The van der Waals surface area contributed by atoms with Crippen molar-refractivity contribution in [1.82, 2.24) is 0 Å². The molecule has 7 fully saturated rings. The molecular weight excluding hydrogens is 1150 g/mol. The van der Waals surface area contributed by atoms with Crippen LogP contribution in [0.15, 0.2) is 0 Å². The van der Waals surface area contributed by atoms with E-state index in [1.165, 1.54) is 13.8 Å². The zero-order chi connectivity index (χ0) is 62.1. The second kappa shape index (κ2) is 29.4. The number of rotatable bonds is 22. The Labute approximate surface area is 479 Å². The first-order chi connectivity index (χ1) is 39.7. The fourth-order valence-corrected chi connectivity index (χ4v) is 11.4. The van der Waals surface area contributed by atoms with Crippen molar-refractivity contribution < 1.29 is 169 Å². The van der Waals surface area contributed by atoms with Crippen molar-refractivity contribution in [3.63, 3.8) is 0 Å². The van der Waals surface area contributed by atoms with Gasteiger partial charge < -0.3 is 169 Å². The maximum atomic E-state index is 12.9. The molecule has 0 aromatic rings. The van der Waals surface area contributed by atoms with Gasteiger partial charge in [-0.05, 0) is 6.92 Å². The molecule has 0 aromatic heterocycles. The maximum absolute atomic E-state index is 12.9. The van der Waals surface area contributed by atoms with E-state index in [1.807, 2.05) is 0 Å². The minimum absolute atomic E-state index is 0.453. The number of carboxylic acid groups (broad SMARTS) is 1. The number of aliphatic hydroxyl groups is 19. The van der Waals surface area contributed by atoms with Crippen molar-refractivity contribution in [2.45, 2.75) is 236 Å². The van der Waals surface area contributed by atoms with Crippen LogP contribution in [0.5, 0.6) is 0 Å². The third-order valence-electron chi connectivity index (χ3n) is 17.0. The number of aliphatic hydroxyl groups excluding tert-OH is 19. The average Bonchev–Trinajstić information content (AvgIpc) is 3.49. The largest absolute Gasteiger partial charge is 0.477 e. The molecule has 0 amide bonds. The summed E-state index contributed by atoms with van der Waals surface area (Å²) in [6, 6.07) is -1.59. The van der Waals surface area contributed by atoms with Gasteiger partial charge in [-0.3, -0.25) is 0 Å². The summed E-state index contributed by atoms with van der Waals surface area (Å²) < 4.78 is 76.3. The molecule has 7 heterocycles. The highest BCUT2D eigenvalue weighted by Gasteiger charge is 2.61. The normalized spacial score (nSPS) is 51.3. The lowest BCUT2D eigenvalue weighted by Crippen LogP contribution is -2.70. The number of nitrogens with two attached hydrogens (primary N) is 1. The molecule has 22 N–H and O–H groups in total. The number of hydrogen-bond donors (Lipinski definition) is 21. The molecule has 0 bridgehead atoms. The first kappa shape index (κ1) is 69.6. The predicted molar refractivity (Wildman–Crippen MR) is 264 cm³/mol. The summed E-state index contributed by atoms with van der Waals surface area (Å²) in [5.74, 6) is -7.93. The van der Waals surface area contributed by atoms with E-state index in [0.29, 0.717) is 0 Å². The zero-order valence-corrected chi connectivity index (χ0v) is 46.1. The van der Waals surface area contributed by atoms with Crippen LogP contribution in [0.4, 0.5) is 0 Å². The second-order valence-corrected chi connectivity index (χ2v) is 22.5. The van der Waals surface area contributed by atoms with Crippen LogP contribution in [0, 0.1) is 17.8 Å². The predicted octanol–water partition coefficient (Wildman–Crippen LogP) is -12.2. The fourth-order valence-electron chi connectivity index (χ4n) is 11.4. The fraction of sp³-hybridized carbons (Fsp3) is 0.980. The molecule has 7 saturated heterocycles. The van der Waals surface area contributed by atoms with Gasteiger partial charge in [0.05, 0.1) is 82.8 Å². The van der Waals surface area contributed by atoms with Gasteiger partial charge in [-0.15, -0.1) is 0 Å². The second-order valence-electron chi connectivity index (χ2n) is 22.5. The Balaban J connectivity index is 1.07. The summed E-state index contributed by atoms with van der Waals surface area (Å²) in [5, 5.41) is 217. The van der Waals surface area contributed by atoms with Crippen LogP contribution in [-0.2, 0) is 66.4 Å². The van der Waals surface area contributed by atoms with Crippen molar-refractivity contribution >= 4 is 5.97 Å². The summed E-state index contributed by atoms with van der Waals surface area (Å²) >= 11 is 0. The SMILES string of the molecule is C[C@@H]1OC(CO)[C@@H](O[C@@H]2OC(CO)[C@@H](O[C@@H]3OC(CO)[C@@H](O)C(O[C@H]4O[C@H](CO)[C@@H](O)C(O)C4O[C@@H]4OC(CO)[C@@H](O[C@@H]5OC(CO)[C@H](O)C(O[C@]6(C(=O)O)C[C@@H](O)[C@@H](N)C([C@H](O)[C@H](O)CO)O6)[C@@H]5O)C(O)[C@@H]4C)C3O)C(O)[C@@H]2C)C(O)[C@@H]1C. The lowest BCUT2D eigenvalue weighted by Gasteiger charge is -2.51. The number of carboxylic acids is 1. The molecule has 0 radical (unpaired) electrons. The van der Waals surface area contributed by atoms with E-state index in [0.717, 1.165) is 0 Å². The van der Waals surface area contributed by atoms with Gasteiger partial charge in [-0.1, -0.05) is 20.8 Å². The Kier molecular flexibility index (Phi) is 24.4. The third kappa shape index (κ3) is 14.0. The van der Waals surface area contributed by atoms with E-state index in [9.17, 15) is 107 Å². The molecule has 36 atom stereocenters. The standard InChI is InChI=1S/C49H85NO34/c1-13-16(4)72-22(10-55)36(26(13)60)78-43-14(2)27(61)37(23(11-56)76-43)79-45-34(68)40(31(65)20(8-53)73-45)81-47-42(33(67)30(64)19(7-52)75-47)82-44-15(3)28(62)38(24(12-57)77-44)80-46-35(69)41(32(66)21(9-54)74-46)84-49(48(70)71)5-17(58)25(50)39(83-49)29(63)18(59)6-51/h13-47,51-69H,5-12,50H2,1-4H3,(H,70,71)/t13-,14+,15+,16+,17-,18-,19-,20?,21?,22?,23?,24?,25-,26?,27?,28?,29-,30-,31-,32+,33?,34?,35+,36-,37-,38-,39?,40?,41?,42?,43+,44+,45+,46+,47-,49+/m1/s1. The molecule has 490 valence electrons. The Morgan fingerprint density at radius 1 is 0.464 bits per heavy atom. The minimum Gasteiger partial charge on any atom is -0.477 e.